The quantitative estimate of drug-likeness (QED) is 0.268. The molecule has 8 heteroatoms. The monoisotopic (exact) mass is 411 g/mol. The molecule has 142 valence electrons. The number of amides is 1. The van der Waals surface area contributed by atoms with Crippen LogP contribution in [0.3, 0.4) is 0 Å². The Morgan fingerprint density at radius 2 is 2.14 bits per heavy atom. The molecule has 3 rings (SSSR count). The Hall–Kier alpha value is -2.89. The van der Waals surface area contributed by atoms with Gasteiger partial charge in [-0.1, -0.05) is 37.2 Å². The molecule has 1 aromatic heterocycles. The number of terminal acetylenes is 1. The summed E-state index contributed by atoms with van der Waals surface area (Å²) in [6.45, 7) is 4.39. The van der Waals surface area contributed by atoms with Crippen LogP contribution in [0.1, 0.15) is 24.2 Å². The normalized spacial score (nSPS) is 11.7. The number of thioether (sulfide) groups is 1. The second-order valence-corrected chi connectivity index (χ2v) is 8.85. The number of hydrogen-bond acceptors (Lipinski definition) is 5. The summed E-state index contributed by atoms with van der Waals surface area (Å²) in [7, 11) is 0. The Balaban J connectivity index is 2.07. The van der Waals surface area contributed by atoms with Gasteiger partial charge in [-0.2, -0.15) is 4.99 Å². The van der Waals surface area contributed by atoms with E-state index < -0.39 is 4.92 Å². The molecule has 1 heterocycles. The summed E-state index contributed by atoms with van der Waals surface area (Å²) < 4.78 is 2.37. The first-order valence-electron chi connectivity index (χ1n) is 8.46. The van der Waals surface area contributed by atoms with Gasteiger partial charge in [0.2, 0.25) is 0 Å². The number of benzene rings is 2. The van der Waals surface area contributed by atoms with Gasteiger partial charge in [0.1, 0.15) is 0 Å². The number of thiazole rings is 1. The van der Waals surface area contributed by atoms with E-state index in [-0.39, 0.29) is 18.1 Å². The summed E-state index contributed by atoms with van der Waals surface area (Å²) in [5.41, 5.74) is 1.18. The number of fused-ring (bicyclic) bond motifs is 1. The molecule has 0 fully saturated rings. The van der Waals surface area contributed by atoms with Gasteiger partial charge in [0.15, 0.2) is 4.80 Å². The highest BCUT2D eigenvalue weighted by Gasteiger charge is 2.13. The van der Waals surface area contributed by atoms with Gasteiger partial charge in [0.05, 0.1) is 21.7 Å². The van der Waals surface area contributed by atoms with E-state index in [1.165, 1.54) is 23.5 Å². The maximum Gasteiger partial charge on any atom is 0.279 e. The minimum atomic E-state index is -0.454. The van der Waals surface area contributed by atoms with Crippen LogP contribution in [0, 0.1) is 22.5 Å². The predicted octanol–water partition coefficient (Wildman–Crippen LogP) is 4.49. The topological polar surface area (TPSA) is 77.5 Å². The molecule has 0 bridgehead atoms. The molecule has 0 atom stereocenters. The van der Waals surface area contributed by atoms with Crippen molar-refractivity contribution in [2.24, 2.45) is 4.99 Å². The van der Waals surface area contributed by atoms with Crippen molar-refractivity contribution >= 4 is 44.9 Å². The van der Waals surface area contributed by atoms with Gasteiger partial charge in [-0.15, -0.1) is 18.2 Å². The molecule has 28 heavy (non-hydrogen) atoms. The van der Waals surface area contributed by atoms with Crippen LogP contribution in [0.15, 0.2) is 52.4 Å². The SMILES string of the molecule is C#CCn1c(=NC(=O)c2cccc(SC(C)C)c2)sc2cc([N+](=O)[O-])ccc21. The molecule has 0 spiro atoms. The van der Waals surface area contributed by atoms with Crippen molar-refractivity contribution < 1.29 is 9.72 Å². The highest BCUT2D eigenvalue weighted by molar-refractivity contribution is 7.99. The molecule has 0 aliphatic carbocycles. The first kappa shape index (κ1) is 19.9. The number of non-ortho nitro benzene ring substituents is 1. The number of nitro benzene ring substituents is 1. The molecule has 0 saturated carbocycles. The third-order valence-electron chi connectivity index (χ3n) is 3.78. The molecule has 0 aliphatic heterocycles. The maximum absolute atomic E-state index is 12.7. The van der Waals surface area contributed by atoms with Crippen molar-refractivity contribution in [3.8, 4) is 12.3 Å². The van der Waals surface area contributed by atoms with Crippen molar-refractivity contribution in [2.75, 3.05) is 0 Å². The van der Waals surface area contributed by atoms with E-state index in [1.54, 1.807) is 28.5 Å². The van der Waals surface area contributed by atoms with Crippen molar-refractivity contribution in [3.05, 3.63) is 62.9 Å². The Labute approximate surface area is 170 Å². The maximum atomic E-state index is 12.7. The van der Waals surface area contributed by atoms with Crippen LogP contribution >= 0.6 is 23.1 Å². The zero-order chi connectivity index (χ0) is 20.3. The molecule has 0 unspecified atom stereocenters. The molecule has 2 aromatic carbocycles. The van der Waals surface area contributed by atoms with E-state index in [9.17, 15) is 14.9 Å². The molecular weight excluding hydrogens is 394 g/mol. The van der Waals surface area contributed by atoms with Gasteiger partial charge in [0.25, 0.3) is 11.6 Å². The second kappa shape index (κ2) is 8.42. The van der Waals surface area contributed by atoms with Gasteiger partial charge in [-0.05, 0) is 24.3 Å². The van der Waals surface area contributed by atoms with E-state index in [0.717, 1.165) is 4.90 Å². The lowest BCUT2D eigenvalue weighted by Gasteiger charge is -2.05. The van der Waals surface area contributed by atoms with Crippen LogP contribution in [-0.2, 0) is 6.54 Å². The lowest BCUT2D eigenvalue weighted by atomic mass is 10.2. The largest absolute Gasteiger partial charge is 0.305 e. The van der Waals surface area contributed by atoms with Gasteiger partial charge in [0, 0.05) is 27.8 Å². The van der Waals surface area contributed by atoms with E-state index in [2.05, 4.69) is 24.8 Å². The van der Waals surface area contributed by atoms with Crippen LogP contribution in [0.2, 0.25) is 0 Å². The summed E-state index contributed by atoms with van der Waals surface area (Å²) in [6, 6.07) is 11.8. The number of nitrogens with zero attached hydrogens (tertiary/aromatic N) is 3. The van der Waals surface area contributed by atoms with Gasteiger partial charge in [-0.3, -0.25) is 14.9 Å². The fourth-order valence-electron chi connectivity index (χ4n) is 2.63. The number of hydrogen-bond donors (Lipinski definition) is 0. The van der Waals surface area contributed by atoms with E-state index in [1.807, 2.05) is 18.2 Å². The average molecular weight is 412 g/mol. The summed E-state index contributed by atoms with van der Waals surface area (Å²) in [5.74, 6) is 2.17. The fourth-order valence-corrected chi connectivity index (χ4v) is 4.59. The van der Waals surface area contributed by atoms with Gasteiger partial charge >= 0.3 is 0 Å². The smallest absolute Gasteiger partial charge is 0.279 e. The van der Waals surface area contributed by atoms with Crippen LogP contribution in [0.4, 0.5) is 5.69 Å². The van der Waals surface area contributed by atoms with Crippen molar-refractivity contribution in [1.82, 2.24) is 4.57 Å². The minimum Gasteiger partial charge on any atom is -0.305 e. The molecule has 0 saturated heterocycles. The number of carbonyl (C=O) groups is 1. The summed E-state index contributed by atoms with van der Waals surface area (Å²) >= 11 is 2.87. The second-order valence-electron chi connectivity index (χ2n) is 6.20. The van der Waals surface area contributed by atoms with E-state index in [4.69, 9.17) is 6.42 Å². The molecular formula is C20H17N3O3S2. The standard InChI is InChI=1S/C20H17N3O3S2/c1-4-10-22-17-9-8-15(23(25)26)12-18(17)28-20(22)21-19(24)14-6-5-7-16(11-14)27-13(2)3/h1,5-9,11-13H,10H2,2-3H3. The molecule has 0 radical (unpaired) electrons. The third-order valence-corrected chi connectivity index (χ3v) is 5.82. The van der Waals surface area contributed by atoms with Crippen LogP contribution in [-0.4, -0.2) is 20.6 Å². The van der Waals surface area contributed by atoms with Crippen LogP contribution < -0.4 is 4.80 Å². The predicted molar refractivity (Wildman–Crippen MR) is 113 cm³/mol. The first-order chi connectivity index (χ1) is 13.4. The van der Waals surface area contributed by atoms with Gasteiger partial charge in [-0.25, -0.2) is 0 Å². The Morgan fingerprint density at radius 3 is 2.82 bits per heavy atom. The minimum absolute atomic E-state index is 0.0158. The Bertz CT molecular complexity index is 1170. The Morgan fingerprint density at radius 1 is 1.36 bits per heavy atom. The lowest BCUT2D eigenvalue weighted by Crippen LogP contribution is -2.16. The average Bonchev–Trinajstić information content (AvgIpc) is 2.98. The number of carbonyl (C=O) groups excluding carboxylic acids is 1. The number of rotatable bonds is 5. The molecule has 1 amide bonds. The summed E-state index contributed by atoms with van der Waals surface area (Å²) in [4.78, 5) is 29.0. The zero-order valence-electron chi connectivity index (χ0n) is 15.3. The lowest BCUT2D eigenvalue weighted by molar-refractivity contribution is -0.384. The number of nitro groups is 1. The first-order valence-corrected chi connectivity index (χ1v) is 10.2. The van der Waals surface area contributed by atoms with E-state index in [0.29, 0.717) is 25.8 Å². The Kier molecular flexibility index (Phi) is 5.97. The van der Waals surface area contributed by atoms with E-state index >= 15 is 0 Å². The van der Waals surface area contributed by atoms with Crippen molar-refractivity contribution in [1.29, 1.82) is 0 Å². The van der Waals surface area contributed by atoms with Crippen LogP contribution in [0.25, 0.3) is 10.2 Å². The zero-order valence-corrected chi connectivity index (χ0v) is 16.9. The van der Waals surface area contributed by atoms with Crippen LogP contribution in [0.5, 0.6) is 0 Å². The number of aromatic nitrogens is 1. The highest BCUT2D eigenvalue weighted by Crippen LogP contribution is 2.25. The molecule has 0 aliphatic rings. The molecule has 6 nitrogen and oxygen atoms in total. The van der Waals surface area contributed by atoms with Crippen molar-refractivity contribution in [3.63, 3.8) is 0 Å². The van der Waals surface area contributed by atoms with Gasteiger partial charge < -0.3 is 4.57 Å². The fraction of sp³-hybridized carbons (Fsp3) is 0.200. The summed E-state index contributed by atoms with van der Waals surface area (Å²) in [5, 5.41) is 11.4. The third kappa shape index (κ3) is 4.32. The van der Waals surface area contributed by atoms with Crippen molar-refractivity contribution in [2.45, 2.75) is 30.5 Å². The molecule has 0 N–H and O–H groups in total. The molecule has 3 aromatic rings. The summed E-state index contributed by atoms with van der Waals surface area (Å²) in [6.07, 6.45) is 5.46. The highest BCUT2D eigenvalue weighted by atomic mass is 32.2.